The lowest BCUT2D eigenvalue weighted by Gasteiger charge is -2.34. The smallest absolute Gasteiger partial charge is 0.258 e. The summed E-state index contributed by atoms with van der Waals surface area (Å²) in [4.78, 5) is 4.55. The van der Waals surface area contributed by atoms with Gasteiger partial charge in [-0.2, -0.15) is 17.0 Å². The Bertz CT molecular complexity index is 612. The number of rotatable bonds is 4. The van der Waals surface area contributed by atoms with E-state index in [4.69, 9.17) is 0 Å². The molecule has 122 valence electrons. The summed E-state index contributed by atoms with van der Waals surface area (Å²) in [5.74, 6) is 0.375. The van der Waals surface area contributed by atoms with Crippen LogP contribution in [0.25, 0.3) is 0 Å². The Labute approximate surface area is 133 Å². The Morgan fingerprint density at radius 2 is 1.86 bits per heavy atom. The Morgan fingerprint density at radius 3 is 2.59 bits per heavy atom. The molecular formula is C16H25N3O2S. The maximum Gasteiger partial charge on any atom is 0.281 e. The van der Waals surface area contributed by atoms with Crippen LogP contribution in [0.5, 0.6) is 0 Å². The first-order chi connectivity index (χ1) is 10.6. The highest BCUT2D eigenvalue weighted by Crippen LogP contribution is 2.25. The van der Waals surface area contributed by atoms with E-state index >= 15 is 0 Å². The largest absolute Gasteiger partial charge is 0.281 e. The molecule has 0 aliphatic carbocycles. The first-order valence-electron chi connectivity index (χ1n) is 8.23. The van der Waals surface area contributed by atoms with Crippen molar-refractivity contribution in [1.82, 2.24) is 13.6 Å². The Hall–Kier alpha value is -0.980. The van der Waals surface area contributed by atoms with E-state index in [1.165, 1.54) is 0 Å². The zero-order chi connectivity index (χ0) is 15.6. The second-order valence-electron chi connectivity index (χ2n) is 6.45. The molecule has 0 radical (unpaired) electrons. The van der Waals surface area contributed by atoms with Crippen LogP contribution >= 0.6 is 0 Å². The third kappa shape index (κ3) is 3.50. The maximum atomic E-state index is 12.7. The summed E-state index contributed by atoms with van der Waals surface area (Å²) in [5, 5.41) is 0. The molecule has 3 rings (SSSR count). The van der Waals surface area contributed by atoms with Gasteiger partial charge in [-0.25, -0.2) is 0 Å². The molecule has 5 nitrogen and oxygen atoms in total. The van der Waals surface area contributed by atoms with Crippen LogP contribution < -0.4 is 0 Å². The van der Waals surface area contributed by atoms with Crippen LogP contribution in [-0.2, 0) is 16.6 Å². The Balaban J connectivity index is 1.66. The van der Waals surface area contributed by atoms with Crippen LogP contribution in [0.2, 0.25) is 0 Å². The molecule has 22 heavy (non-hydrogen) atoms. The van der Waals surface area contributed by atoms with Crippen molar-refractivity contribution in [3.63, 3.8) is 0 Å². The molecule has 6 heteroatoms. The Morgan fingerprint density at radius 1 is 1.14 bits per heavy atom. The van der Waals surface area contributed by atoms with Crippen molar-refractivity contribution in [1.29, 1.82) is 0 Å². The van der Waals surface area contributed by atoms with E-state index < -0.39 is 10.2 Å². The second-order valence-corrected chi connectivity index (χ2v) is 8.38. The molecule has 3 heterocycles. The van der Waals surface area contributed by atoms with Gasteiger partial charge in [0.2, 0.25) is 0 Å². The van der Waals surface area contributed by atoms with Crippen LogP contribution in [-0.4, -0.2) is 48.2 Å². The van der Waals surface area contributed by atoms with Crippen molar-refractivity contribution < 1.29 is 8.42 Å². The van der Waals surface area contributed by atoms with E-state index in [0.29, 0.717) is 32.1 Å². The van der Waals surface area contributed by atoms with Crippen molar-refractivity contribution in [3.05, 3.63) is 29.6 Å². The van der Waals surface area contributed by atoms with Crippen molar-refractivity contribution >= 4 is 10.2 Å². The SMILES string of the molecule is Cc1cccc(C[C@H]2CCCN(S(=O)(=O)N3CCCC3)C2)n1. The normalized spacial score (nSPS) is 24.7. The average Bonchev–Trinajstić information content (AvgIpc) is 3.02. The number of pyridine rings is 1. The third-order valence-corrected chi connectivity index (χ3v) is 6.65. The van der Waals surface area contributed by atoms with Crippen molar-refractivity contribution in [2.24, 2.45) is 5.92 Å². The number of hydrogen-bond donors (Lipinski definition) is 0. The average molecular weight is 323 g/mol. The molecule has 0 saturated carbocycles. The van der Waals surface area contributed by atoms with Gasteiger partial charge < -0.3 is 0 Å². The van der Waals surface area contributed by atoms with E-state index in [0.717, 1.165) is 43.5 Å². The lowest BCUT2D eigenvalue weighted by Crippen LogP contribution is -2.47. The topological polar surface area (TPSA) is 53.5 Å². The number of nitrogens with zero attached hydrogens (tertiary/aromatic N) is 3. The van der Waals surface area contributed by atoms with Crippen LogP contribution in [0.4, 0.5) is 0 Å². The van der Waals surface area contributed by atoms with Gasteiger partial charge in [-0.3, -0.25) is 4.98 Å². The molecule has 0 bridgehead atoms. The van der Waals surface area contributed by atoms with E-state index in [-0.39, 0.29) is 0 Å². The van der Waals surface area contributed by atoms with Crippen LogP contribution in [0.15, 0.2) is 18.2 Å². The molecule has 1 aromatic heterocycles. The van der Waals surface area contributed by atoms with Crippen molar-refractivity contribution in [3.8, 4) is 0 Å². The van der Waals surface area contributed by atoms with Gasteiger partial charge in [0.15, 0.2) is 0 Å². The zero-order valence-electron chi connectivity index (χ0n) is 13.2. The minimum absolute atomic E-state index is 0.375. The fraction of sp³-hybridized carbons (Fsp3) is 0.688. The third-order valence-electron chi connectivity index (χ3n) is 4.64. The summed E-state index contributed by atoms with van der Waals surface area (Å²) in [5.41, 5.74) is 2.10. The monoisotopic (exact) mass is 323 g/mol. The molecule has 0 aromatic carbocycles. The summed E-state index contributed by atoms with van der Waals surface area (Å²) >= 11 is 0. The second kappa shape index (κ2) is 6.64. The van der Waals surface area contributed by atoms with Crippen LogP contribution in [0.1, 0.15) is 37.1 Å². The fourth-order valence-corrected chi connectivity index (χ4v) is 5.30. The predicted molar refractivity (Wildman–Crippen MR) is 86.7 cm³/mol. The zero-order valence-corrected chi connectivity index (χ0v) is 14.1. The molecule has 0 amide bonds. The number of hydrogen-bond acceptors (Lipinski definition) is 3. The van der Waals surface area contributed by atoms with Gasteiger partial charge in [0.1, 0.15) is 0 Å². The lowest BCUT2D eigenvalue weighted by molar-refractivity contribution is 0.249. The highest BCUT2D eigenvalue weighted by Gasteiger charge is 2.34. The van der Waals surface area contributed by atoms with Gasteiger partial charge in [-0.15, -0.1) is 0 Å². The molecule has 0 spiro atoms. The standard InChI is InChI=1S/C16H25N3O2S/c1-14-6-4-8-16(17-14)12-15-7-5-11-19(13-15)22(20,21)18-9-2-3-10-18/h4,6,8,15H,2-3,5,7,9-13H2,1H3/t15-/m1/s1. The predicted octanol–water partition coefficient (Wildman–Crippen LogP) is 1.99. The molecule has 0 unspecified atom stereocenters. The van der Waals surface area contributed by atoms with E-state index in [9.17, 15) is 8.42 Å². The van der Waals surface area contributed by atoms with Crippen molar-refractivity contribution in [2.75, 3.05) is 26.2 Å². The number of piperidine rings is 1. The Kier molecular flexibility index (Phi) is 4.80. The summed E-state index contributed by atoms with van der Waals surface area (Å²) in [6.07, 6.45) is 4.88. The summed E-state index contributed by atoms with van der Waals surface area (Å²) < 4.78 is 28.7. The van der Waals surface area contributed by atoms with E-state index in [2.05, 4.69) is 4.98 Å². The highest BCUT2D eigenvalue weighted by molar-refractivity contribution is 7.86. The van der Waals surface area contributed by atoms with Crippen LogP contribution in [0, 0.1) is 12.8 Å². The molecule has 2 fully saturated rings. The van der Waals surface area contributed by atoms with Crippen molar-refractivity contribution in [2.45, 2.75) is 39.0 Å². The first-order valence-corrected chi connectivity index (χ1v) is 9.63. The van der Waals surface area contributed by atoms with E-state index in [1.54, 1.807) is 8.61 Å². The summed E-state index contributed by atoms with van der Waals surface area (Å²) in [6, 6.07) is 6.06. The van der Waals surface area contributed by atoms with Gasteiger partial charge in [0.05, 0.1) is 0 Å². The molecule has 2 aliphatic heterocycles. The molecule has 1 atom stereocenters. The highest BCUT2D eigenvalue weighted by atomic mass is 32.2. The van der Waals surface area contributed by atoms with Gasteiger partial charge in [-0.1, -0.05) is 6.07 Å². The van der Waals surface area contributed by atoms with Crippen LogP contribution in [0.3, 0.4) is 0 Å². The molecular weight excluding hydrogens is 298 g/mol. The molecule has 2 saturated heterocycles. The minimum atomic E-state index is -3.25. The molecule has 0 N–H and O–H groups in total. The minimum Gasteiger partial charge on any atom is -0.258 e. The van der Waals surface area contributed by atoms with E-state index in [1.807, 2.05) is 25.1 Å². The fourth-order valence-electron chi connectivity index (χ4n) is 3.49. The van der Waals surface area contributed by atoms with Gasteiger partial charge in [-0.05, 0) is 57.1 Å². The van der Waals surface area contributed by atoms with Gasteiger partial charge >= 0.3 is 0 Å². The van der Waals surface area contributed by atoms with Gasteiger partial charge in [0, 0.05) is 37.6 Å². The first kappa shape index (κ1) is 15.9. The van der Waals surface area contributed by atoms with Gasteiger partial charge in [0.25, 0.3) is 10.2 Å². The summed E-state index contributed by atoms with van der Waals surface area (Å²) in [6.45, 7) is 4.66. The lowest BCUT2D eigenvalue weighted by atomic mass is 9.94. The maximum absolute atomic E-state index is 12.7. The molecule has 2 aliphatic rings. The number of aryl methyl sites for hydroxylation is 1. The number of aromatic nitrogens is 1. The molecule has 1 aromatic rings. The quantitative estimate of drug-likeness (QED) is 0.851. The summed E-state index contributed by atoms with van der Waals surface area (Å²) in [7, 11) is -3.25.